The van der Waals surface area contributed by atoms with Crippen molar-refractivity contribution in [3.8, 4) is 5.75 Å². The van der Waals surface area contributed by atoms with Gasteiger partial charge in [-0.1, -0.05) is 17.7 Å². The second-order valence-electron chi connectivity index (χ2n) is 4.47. The van der Waals surface area contributed by atoms with Crippen LogP contribution in [0.25, 0.3) is 0 Å². The Morgan fingerprint density at radius 1 is 1.59 bits per heavy atom. The van der Waals surface area contributed by atoms with E-state index in [-0.39, 0.29) is 10.8 Å². The lowest BCUT2D eigenvalue weighted by molar-refractivity contribution is -0.0668. The van der Waals surface area contributed by atoms with Crippen LogP contribution in [0, 0.1) is 5.82 Å². The minimum absolute atomic E-state index is 0.0194. The second-order valence-corrected chi connectivity index (χ2v) is 4.88. The van der Waals surface area contributed by atoms with Gasteiger partial charge in [0.05, 0.1) is 5.02 Å². The van der Waals surface area contributed by atoms with Crippen LogP contribution in [0.15, 0.2) is 18.2 Å². The fourth-order valence-electron chi connectivity index (χ4n) is 1.85. The molecular formula is C12H15ClFNO2. The van der Waals surface area contributed by atoms with Gasteiger partial charge in [-0.05, 0) is 32.0 Å². The summed E-state index contributed by atoms with van der Waals surface area (Å²) in [5.41, 5.74) is -0.958. The first kappa shape index (κ1) is 12.6. The fourth-order valence-corrected chi connectivity index (χ4v) is 2.02. The van der Waals surface area contributed by atoms with Crippen LogP contribution in [-0.4, -0.2) is 29.9 Å². The summed E-state index contributed by atoms with van der Waals surface area (Å²) in [5.74, 6) is -0.512. The van der Waals surface area contributed by atoms with Crippen LogP contribution in [0.2, 0.25) is 5.02 Å². The highest BCUT2D eigenvalue weighted by molar-refractivity contribution is 6.30. The molecule has 1 aliphatic heterocycles. The Hall–Kier alpha value is -0.840. The van der Waals surface area contributed by atoms with E-state index in [4.69, 9.17) is 16.3 Å². The molecule has 2 atom stereocenters. The third-order valence-corrected chi connectivity index (χ3v) is 3.31. The largest absolute Gasteiger partial charge is 0.483 e. The van der Waals surface area contributed by atoms with E-state index in [0.717, 1.165) is 6.54 Å². The van der Waals surface area contributed by atoms with Gasteiger partial charge in [0.1, 0.15) is 11.7 Å². The second kappa shape index (κ2) is 4.80. The monoisotopic (exact) mass is 259 g/mol. The maximum absolute atomic E-state index is 13.6. The van der Waals surface area contributed by atoms with E-state index in [2.05, 4.69) is 5.32 Å². The van der Waals surface area contributed by atoms with E-state index in [1.165, 1.54) is 12.1 Å². The Bertz CT molecular complexity index is 411. The fraction of sp³-hybridized carbons (Fsp3) is 0.500. The summed E-state index contributed by atoms with van der Waals surface area (Å²) < 4.78 is 19.2. The number of halogens is 2. The Balaban J connectivity index is 2.17. The van der Waals surface area contributed by atoms with Crippen LogP contribution in [0.3, 0.4) is 0 Å². The molecule has 2 rings (SSSR count). The van der Waals surface area contributed by atoms with Gasteiger partial charge in [-0.15, -0.1) is 0 Å². The van der Waals surface area contributed by atoms with Gasteiger partial charge < -0.3 is 15.2 Å². The Kier molecular flexibility index (Phi) is 3.56. The molecule has 1 saturated heterocycles. The van der Waals surface area contributed by atoms with Crippen molar-refractivity contribution < 1.29 is 14.2 Å². The number of hydrogen-bond donors (Lipinski definition) is 2. The van der Waals surface area contributed by atoms with E-state index in [0.29, 0.717) is 13.0 Å². The van der Waals surface area contributed by atoms with Gasteiger partial charge in [0.2, 0.25) is 0 Å². The first-order valence-corrected chi connectivity index (χ1v) is 5.92. The average Bonchev–Trinajstić information content (AvgIpc) is 2.27. The van der Waals surface area contributed by atoms with Gasteiger partial charge in [-0.2, -0.15) is 0 Å². The van der Waals surface area contributed by atoms with Crippen LogP contribution in [-0.2, 0) is 0 Å². The van der Waals surface area contributed by atoms with E-state index in [1.807, 2.05) is 0 Å². The van der Waals surface area contributed by atoms with Gasteiger partial charge >= 0.3 is 0 Å². The van der Waals surface area contributed by atoms with E-state index in [1.54, 1.807) is 13.0 Å². The molecule has 5 heteroatoms. The Labute approximate surface area is 105 Å². The van der Waals surface area contributed by atoms with Gasteiger partial charge in [-0.25, -0.2) is 4.39 Å². The lowest BCUT2D eigenvalue weighted by Gasteiger charge is -2.37. The zero-order chi connectivity index (χ0) is 12.5. The van der Waals surface area contributed by atoms with Crippen molar-refractivity contribution in [1.29, 1.82) is 0 Å². The molecule has 1 aromatic carbocycles. The maximum Gasteiger partial charge on any atom is 0.183 e. The molecule has 0 amide bonds. The third kappa shape index (κ3) is 2.70. The number of ether oxygens (including phenoxy) is 1. The summed E-state index contributed by atoms with van der Waals surface area (Å²) in [6.45, 7) is 2.91. The molecule has 3 nitrogen and oxygen atoms in total. The minimum Gasteiger partial charge on any atom is -0.483 e. The quantitative estimate of drug-likeness (QED) is 0.853. The van der Waals surface area contributed by atoms with E-state index in [9.17, 15) is 9.50 Å². The summed E-state index contributed by atoms with van der Waals surface area (Å²) in [4.78, 5) is 0. The van der Waals surface area contributed by atoms with Gasteiger partial charge in [0.25, 0.3) is 0 Å². The van der Waals surface area contributed by atoms with Crippen LogP contribution in [0.5, 0.6) is 5.75 Å². The first-order valence-electron chi connectivity index (χ1n) is 5.54. The molecule has 0 aliphatic carbocycles. The number of piperidine rings is 1. The van der Waals surface area contributed by atoms with Crippen molar-refractivity contribution in [3.05, 3.63) is 29.0 Å². The predicted molar refractivity (Wildman–Crippen MR) is 63.9 cm³/mol. The van der Waals surface area contributed by atoms with Crippen LogP contribution >= 0.6 is 11.6 Å². The summed E-state index contributed by atoms with van der Waals surface area (Å²) in [6.07, 6.45) is 0.0871. The molecule has 1 heterocycles. The van der Waals surface area contributed by atoms with E-state index < -0.39 is 17.5 Å². The SMILES string of the molecule is CC1(O)CCNCC1Oc1cccc(Cl)c1F. The normalized spacial score (nSPS) is 29.1. The number of rotatable bonds is 2. The molecule has 0 saturated carbocycles. The molecule has 1 aromatic rings. The highest BCUT2D eigenvalue weighted by atomic mass is 35.5. The highest BCUT2D eigenvalue weighted by Crippen LogP contribution is 2.28. The lowest BCUT2D eigenvalue weighted by Crippen LogP contribution is -2.55. The lowest BCUT2D eigenvalue weighted by atomic mass is 9.92. The highest BCUT2D eigenvalue weighted by Gasteiger charge is 2.36. The van der Waals surface area contributed by atoms with Crippen molar-refractivity contribution in [1.82, 2.24) is 5.32 Å². The number of aliphatic hydroxyl groups is 1. The molecule has 17 heavy (non-hydrogen) atoms. The van der Waals surface area contributed by atoms with Crippen molar-refractivity contribution >= 4 is 11.6 Å². The van der Waals surface area contributed by atoms with Crippen molar-refractivity contribution in [2.45, 2.75) is 25.0 Å². The number of nitrogens with one attached hydrogen (secondary N) is 1. The molecule has 0 bridgehead atoms. The third-order valence-electron chi connectivity index (χ3n) is 3.02. The molecule has 0 spiro atoms. The van der Waals surface area contributed by atoms with Crippen LogP contribution < -0.4 is 10.1 Å². The number of hydrogen-bond acceptors (Lipinski definition) is 3. The summed E-state index contributed by atoms with van der Waals surface area (Å²) in [7, 11) is 0. The molecule has 1 fully saturated rings. The Morgan fingerprint density at radius 3 is 3.06 bits per heavy atom. The predicted octanol–water partition coefficient (Wildman–Crippen LogP) is 1.97. The maximum atomic E-state index is 13.6. The number of benzene rings is 1. The zero-order valence-electron chi connectivity index (χ0n) is 9.54. The Morgan fingerprint density at radius 2 is 2.35 bits per heavy atom. The first-order chi connectivity index (χ1) is 8.00. The molecule has 1 aliphatic rings. The molecule has 94 valence electrons. The molecule has 2 unspecified atom stereocenters. The van der Waals surface area contributed by atoms with E-state index >= 15 is 0 Å². The average molecular weight is 260 g/mol. The van der Waals surface area contributed by atoms with Crippen LogP contribution in [0.1, 0.15) is 13.3 Å². The topological polar surface area (TPSA) is 41.5 Å². The van der Waals surface area contributed by atoms with Crippen molar-refractivity contribution in [2.75, 3.05) is 13.1 Å². The van der Waals surface area contributed by atoms with Crippen LogP contribution in [0.4, 0.5) is 4.39 Å². The standard InChI is InChI=1S/C12H15ClFNO2/c1-12(16)5-6-15-7-10(12)17-9-4-2-3-8(13)11(9)14/h2-4,10,15-16H,5-7H2,1H3. The minimum atomic E-state index is -0.958. The smallest absolute Gasteiger partial charge is 0.183 e. The van der Waals surface area contributed by atoms with Crippen molar-refractivity contribution in [3.63, 3.8) is 0 Å². The van der Waals surface area contributed by atoms with Gasteiger partial charge in [0.15, 0.2) is 11.6 Å². The van der Waals surface area contributed by atoms with Gasteiger partial charge in [0, 0.05) is 6.54 Å². The molecule has 0 aromatic heterocycles. The zero-order valence-corrected chi connectivity index (χ0v) is 10.3. The van der Waals surface area contributed by atoms with Crippen molar-refractivity contribution in [2.24, 2.45) is 0 Å². The summed E-state index contributed by atoms with van der Waals surface area (Å²) in [5, 5.41) is 13.3. The summed E-state index contributed by atoms with van der Waals surface area (Å²) in [6, 6.07) is 4.58. The van der Waals surface area contributed by atoms with Gasteiger partial charge in [-0.3, -0.25) is 0 Å². The molecule has 0 radical (unpaired) electrons. The molecular weight excluding hydrogens is 245 g/mol. The summed E-state index contributed by atoms with van der Waals surface area (Å²) >= 11 is 5.67. The molecule has 2 N–H and O–H groups in total.